The van der Waals surface area contributed by atoms with Gasteiger partial charge in [-0.05, 0) is 23.4 Å². The number of hydrogen-bond acceptors (Lipinski definition) is 2. The van der Waals surface area contributed by atoms with E-state index in [0.717, 1.165) is 19.3 Å². The van der Waals surface area contributed by atoms with Crippen LogP contribution in [0.25, 0.3) is 0 Å². The Morgan fingerprint density at radius 2 is 1.93 bits per heavy atom. The van der Waals surface area contributed by atoms with Crippen LogP contribution in [0, 0.1) is 0 Å². The van der Waals surface area contributed by atoms with Crippen LogP contribution in [-0.2, 0) is 9.53 Å². The highest BCUT2D eigenvalue weighted by molar-refractivity contribution is 6.81. The van der Waals surface area contributed by atoms with Crippen molar-refractivity contribution < 1.29 is 9.53 Å². The van der Waals surface area contributed by atoms with E-state index in [0.29, 0.717) is 10.6 Å². The summed E-state index contributed by atoms with van der Waals surface area (Å²) in [5.74, 6) is 0. The summed E-state index contributed by atoms with van der Waals surface area (Å²) in [6, 6.07) is 0. The van der Waals surface area contributed by atoms with E-state index in [1.807, 2.05) is 0 Å². The number of carbonyl (C=O) groups excluding carboxylic acids is 1. The summed E-state index contributed by atoms with van der Waals surface area (Å²) in [5.41, 5.74) is 0.490. The van der Waals surface area contributed by atoms with E-state index < -0.39 is 8.07 Å². The van der Waals surface area contributed by atoms with Gasteiger partial charge in [-0.2, -0.15) is 0 Å². The zero-order chi connectivity index (χ0) is 11.7. The van der Waals surface area contributed by atoms with Crippen molar-refractivity contribution in [3.05, 3.63) is 0 Å². The highest BCUT2D eigenvalue weighted by atomic mass is 28.3. The zero-order valence-corrected chi connectivity index (χ0v) is 11.7. The van der Waals surface area contributed by atoms with Crippen molar-refractivity contribution in [3.8, 4) is 0 Å². The Labute approximate surface area is 94.4 Å². The molecule has 0 bridgehead atoms. The maximum absolute atomic E-state index is 11.0. The van der Waals surface area contributed by atoms with Crippen molar-refractivity contribution in [2.75, 3.05) is 6.61 Å². The second-order valence-corrected chi connectivity index (χ2v) is 11.9. The van der Waals surface area contributed by atoms with E-state index in [-0.39, 0.29) is 6.10 Å². The maximum atomic E-state index is 11.0. The fourth-order valence-electron chi connectivity index (χ4n) is 2.26. The van der Waals surface area contributed by atoms with Crippen LogP contribution in [0.3, 0.4) is 0 Å². The van der Waals surface area contributed by atoms with Gasteiger partial charge in [0, 0.05) is 6.61 Å². The molecule has 2 unspecified atom stereocenters. The molecule has 0 radical (unpaired) electrons. The van der Waals surface area contributed by atoms with Gasteiger partial charge in [0.2, 0.25) is 0 Å². The van der Waals surface area contributed by atoms with Crippen molar-refractivity contribution in [3.63, 3.8) is 0 Å². The van der Waals surface area contributed by atoms with Gasteiger partial charge in [-0.1, -0.05) is 33.9 Å². The number of aldehydes is 1. The lowest BCUT2D eigenvalue weighted by Gasteiger charge is -2.46. The summed E-state index contributed by atoms with van der Waals surface area (Å²) in [6.07, 6.45) is 3.16. The molecule has 1 saturated heterocycles. The largest absolute Gasteiger partial charge is 0.371 e. The monoisotopic (exact) mass is 228 g/mol. The van der Waals surface area contributed by atoms with Crippen LogP contribution in [0.15, 0.2) is 0 Å². The fourth-order valence-corrected chi connectivity index (χ4v) is 5.30. The third kappa shape index (κ3) is 2.51. The second-order valence-electron chi connectivity index (χ2n) is 6.19. The summed E-state index contributed by atoms with van der Waals surface area (Å²) in [7, 11) is -1.44. The topological polar surface area (TPSA) is 26.3 Å². The molecule has 15 heavy (non-hydrogen) atoms. The smallest absolute Gasteiger partial charge is 0.148 e. The Morgan fingerprint density at radius 1 is 1.33 bits per heavy atom. The average Bonchev–Trinajstić information content (AvgIpc) is 2.16. The van der Waals surface area contributed by atoms with E-state index >= 15 is 0 Å². The van der Waals surface area contributed by atoms with Gasteiger partial charge in [0.15, 0.2) is 0 Å². The van der Waals surface area contributed by atoms with Gasteiger partial charge in [0.05, 0.1) is 8.07 Å². The van der Waals surface area contributed by atoms with Crippen LogP contribution in [0.2, 0.25) is 23.7 Å². The fraction of sp³-hybridized carbons (Fsp3) is 0.917. The lowest BCUT2D eigenvalue weighted by molar-refractivity contribution is -0.120. The van der Waals surface area contributed by atoms with E-state index in [1.54, 1.807) is 0 Å². The first-order valence-electron chi connectivity index (χ1n) is 5.87. The molecule has 2 nitrogen and oxygen atoms in total. The summed E-state index contributed by atoms with van der Waals surface area (Å²) >= 11 is 0. The lowest BCUT2D eigenvalue weighted by Crippen LogP contribution is -2.49. The molecule has 0 saturated carbocycles. The Hall–Kier alpha value is -0.153. The Kier molecular flexibility index (Phi) is 3.77. The molecule has 1 rings (SSSR count). The Morgan fingerprint density at radius 3 is 2.40 bits per heavy atom. The van der Waals surface area contributed by atoms with Crippen molar-refractivity contribution in [1.29, 1.82) is 0 Å². The van der Waals surface area contributed by atoms with Crippen molar-refractivity contribution in [1.82, 2.24) is 0 Å². The maximum Gasteiger partial charge on any atom is 0.148 e. The minimum Gasteiger partial charge on any atom is -0.371 e. The SMILES string of the molecule is CC(C)(C)[Si](C)(C)C1CCCOC1C=O. The normalized spacial score (nSPS) is 28.9. The van der Waals surface area contributed by atoms with Gasteiger partial charge < -0.3 is 9.53 Å². The number of ether oxygens (including phenoxy) is 1. The number of rotatable bonds is 2. The Bertz CT molecular complexity index is 230. The van der Waals surface area contributed by atoms with Crippen molar-refractivity contribution in [2.24, 2.45) is 0 Å². The molecule has 0 aliphatic carbocycles. The van der Waals surface area contributed by atoms with Crippen LogP contribution >= 0.6 is 0 Å². The molecule has 1 fully saturated rings. The molecule has 88 valence electrons. The third-order valence-electron chi connectivity index (χ3n) is 4.36. The first-order valence-corrected chi connectivity index (χ1v) is 8.95. The quantitative estimate of drug-likeness (QED) is 0.536. The molecule has 0 aromatic heterocycles. The van der Waals surface area contributed by atoms with Gasteiger partial charge in [-0.15, -0.1) is 0 Å². The minimum atomic E-state index is -1.44. The summed E-state index contributed by atoms with van der Waals surface area (Å²) in [6.45, 7) is 12.4. The van der Waals surface area contributed by atoms with Crippen LogP contribution in [0.4, 0.5) is 0 Å². The molecule has 1 aliphatic rings. The summed E-state index contributed by atoms with van der Waals surface area (Å²) < 4.78 is 5.59. The molecule has 2 atom stereocenters. The first-order chi connectivity index (χ1) is 6.80. The molecule has 1 heterocycles. The molecule has 0 aromatic carbocycles. The van der Waals surface area contributed by atoms with Crippen LogP contribution in [0.5, 0.6) is 0 Å². The van der Waals surface area contributed by atoms with Crippen LogP contribution < -0.4 is 0 Å². The molecular weight excluding hydrogens is 204 g/mol. The molecular formula is C12H24O2Si. The van der Waals surface area contributed by atoms with E-state index in [9.17, 15) is 4.79 Å². The van der Waals surface area contributed by atoms with Crippen LogP contribution in [0.1, 0.15) is 33.6 Å². The molecule has 0 amide bonds. The Balaban J connectivity index is 2.88. The molecule has 0 aromatic rings. The second kappa shape index (κ2) is 4.38. The molecule has 3 heteroatoms. The lowest BCUT2D eigenvalue weighted by atomic mass is 10.1. The average molecular weight is 228 g/mol. The van der Waals surface area contributed by atoms with Crippen molar-refractivity contribution >= 4 is 14.4 Å². The zero-order valence-electron chi connectivity index (χ0n) is 10.7. The van der Waals surface area contributed by atoms with Gasteiger partial charge >= 0.3 is 0 Å². The predicted octanol–water partition coefficient (Wildman–Crippen LogP) is 3.24. The third-order valence-corrected chi connectivity index (χ3v) is 10.7. The van der Waals surface area contributed by atoms with Crippen LogP contribution in [-0.4, -0.2) is 27.1 Å². The highest BCUT2D eigenvalue weighted by Crippen LogP contribution is 2.48. The number of hydrogen-bond donors (Lipinski definition) is 0. The first kappa shape index (κ1) is 12.9. The van der Waals surface area contributed by atoms with Gasteiger partial charge in [-0.3, -0.25) is 0 Å². The van der Waals surface area contributed by atoms with Crippen molar-refractivity contribution in [2.45, 2.75) is 63.4 Å². The van der Waals surface area contributed by atoms with E-state index in [2.05, 4.69) is 33.9 Å². The van der Waals surface area contributed by atoms with Gasteiger partial charge in [0.1, 0.15) is 12.4 Å². The van der Waals surface area contributed by atoms with E-state index in [1.165, 1.54) is 6.42 Å². The molecule has 1 aliphatic heterocycles. The number of carbonyl (C=O) groups is 1. The van der Waals surface area contributed by atoms with E-state index in [4.69, 9.17) is 4.74 Å². The molecule has 0 N–H and O–H groups in total. The standard InChI is InChI=1S/C12H24O2Si/c1-12(2,3)15(4,5)11-7-6-8-14-10(11)9-13/h9-11H,6-8H2,1-5H3. The highest BCUT2D eigenvalue weighted by Gasteiger charge is 2.46. The molecule has 0 spiro atoms. The summed E-state index contributed by atoms with van der Waals surface area (Å²) in [5, 5.41) is 0.333. The minimum absolute atomic E-state index is 0.139. The summed E-state index contributed by atoms with van der Waals surface area (Å²) in [4.78, 5) is 11.0. The predicted molar refractivity (Wildman–Crippen MR) is 66.0 cm³/mol. The van der Waals surface area contributed by atoms with Gasteiger partial charge in [-0.25, -0.2) is 0 Å². The van der Waals surface area contributed by atoms with Gasteiger partial charge in [0.25, 0.3) is 0 Å².